The predicted octanol–water partition coefficient (Wildman–Crippen LogP) is 3.01. The number of nitrogens with zero attached hydrogens (tertiary/aromatic N) is 1. The topological polar surface area (TPSA) is 77.5 Å². The number of hydrogen-bond donors (Lipinski definition) is 1. The van der Waals surface area contributed by atoms with Gasteiger partial charge in [0.05, 0.1) is 23.9 Å². The molecular weight excluding hydrogens is 320 g/mol. The minimum Gasteiger partial charge on any atom is -0.497 e. The van der Waals surface area contributed by atoms with Crippen LogP contribution in [-0.2, 0) is 9.53 Å². The Hall–Kier alpha value is -2.63. The van der Waals surface area contributed by atoms with E-state index in [0.29, 0.717) is 17.0 Å². The van der Waals surface area contributed by atoms with Crippen molar-refractivity contribution in [2.75, 3.05) is 13.7 Å². The van der Waals surface area contributed by atoms with E-state index in [1.807, 2.05) is 19.9 Å². The minimum atomic E-state index is -0.555. The molecule has 0 saturated carbocycles. The maximum Gasteiger partial charge on any atom is 0.340 e. The molecule has 1 atom stereocenters. The van der Waals surface area contributed by atoms with Crippen LogP contribution in [0.15, 0.2) is 24.3 Å². The third-order valence-corrected chi connectivity index (χ3v) is 3.90. The van der Waals surface area contributed by atoms with E-state index in [4.69, 9.17) is 9.47 Å². The lowest BCUT2D eigenvalue weighted by Gasteiger charge is -2.13. The third-order valence-electron chi connectivity index (χ3n) is 3.90. The van der Waals surface area contributed by atoms with E-state index in [0.717, 1.165) is 23.7 Å². The SMILES string of the molecule is CCC[C@@H](C)NC(=O)COC(=O)c1cc2ccc(OC)cc2nc1C. The zero-order valence-electron chi connectivity index (χ0n) is 15.1. The van der Waals surface area contributed by atoms with E-state index in [1.165, 1.54) is 0 Å². The van der Waals surface area contributed by atoms with Crippen molar-refractivity contribution in [3.8, 4) is 5.75 Å². The van der Waals surface area contributed by atoms with Crippen molar-refractivity contribution < 1.29 is 19.1 Å². The van der Waals surface area contributed by atoms with E-state index in [2.05, 4.69) is 10.3 Å². The van der Waals surface area contributed by atoms with Crippen molar-refractivity contribution in [1.82, 2.24) is 10.3 Å². The van der Waals surface area contributed by atoms with Crippen molar-refractivity contribution in [1.29, 1.82) is 0 Å². The van der Waals surface area contributed by atoms with Gasteiger partial charge in [-0.15, -0.1) is 0 Å². The molecule has 1 heterocycles. The number of pyridine rings is 1. The lowest BCUT2D eigenvalue weighted by molar-refractivity contribution is -0.124. The summed E-state index contributed by atoms with van der Waals surface area (Å²) in [6, 6.07) is 7.22. The van der Waals surface area contributed by atoms with Crippen LogP contribution in [0.1, 0.15) is 42.7 Å². The van der Waals surface area contributed by atoms with Gasteiger partial charge < -0.3 is 14.8 Å². The van der Waals surface area contributed by atoms with E-state index >= 15 is 0 Å². The number of hydrogen-bond acceptors (Lipinski definition) is 5. The van der Waals surface area contributed by atoms with Gasteiger partial charge in [0, 0.05) is 17.5 Å². The second-order valence-electron chi connectivity index (χ2n) is 6.01. The van der Waals surface area contributed by atoms with Crippen molar-refractivity contribution >= 4 is 22.8 Å². The average molecular weight is 344 g/mol. The monoisotopic (exact) mass is 344 g/mol. The van der Waals surface area contributed by atoms with Crippen LogP contribution < -0.4 is 10.1 Å². The van der Waals surface area contributed by atoms with Crippen LogP contribution >= 0.6 is 0 Å². The first-order valence-electron chi connectivity index (χ1n) is 8.36. The van der Waals surface area contributed by atoms with Crippen molar-refractivity contribution in [2.24, 2.45) is 0 Å². The molecule has 0 bridgehead atoms. The number of rotatable bonds is 7. The number of amides is 1. The normalized spacial score (nSPS) is 11.8. The Kier molecular flexibility index (Phi) is 6.33. The number of aromatic nitrogens is 1. The fourth-order valence-corrected chi connectivity index (χ4v) is 2.61. The lowest BCUT2D eigenvalue weighted by Crippen LogP contribution is -2.35. The molecule has 25 heavy (non-hydrogen) atoms. The number of carbonyl (C=O) groups excluding carboxylic acids is 2. The highest BCUT2D eigenvalue weighted by Gasteiger charge is 2.16. The van der Waals surface area contributed by atoms with Crippen LogP contribution in [0.2, 0.25) is 0 Å². The molecule has 1 aromatic heterocycles. The third kappa shape index (κ3) is 4.92. The summed E-state index contributed by atoms with van der Waals surface area (Å²) in [6.07, 6.45) is 1.87. The summed E-state index contributed by atoms with van der Waals surface area (Å²) >= 11 is 0. The Labute approximate surface area is 147 Å². The van der Waals surface area contributed by atoms with Crippen LogP contribution in [0.4, 0.5) is 0 Å². The highest BCUT2D eigenvalue weighted by molar-refractivity contribution is 5.96. The molecule has 0 aliphatic carbocycles. The first-order valence-corrected chi connectivity index (χ1v) is 8.36. The fraction of sp³-hybridized carbons (Fsp3) is 0.421. The van der Waals surface area contributed by atoms with Gasteiger partial charge in [-0.05, 0) is 38.5 Å². The molecule has 0 aliphatic rings. The van der Waals surface area contributed by atoms with E-state index in [9.17, 15) is 9.59 Å². The maximum absolute atomic E-state index is 12.3. The molecule has 0 radical (unpaired) electrons. The summed E-state index contributed by atoms with van der Waals surface area (Å²) in [5, 5.41) is 3.60. The summed E-state index contributed by atoms with van der Waals surface area (Å²) < 4.78 is 10.3. The molecule has 134 valence electrons. The second-order valence-corrected chi connectivity index (χ2v) is 6.01. The molecular formula is C19H24N2O4. The van der Waals surface area contributed by atoms with Crippen molar-refractivity contribution in [3.63, 3.8) is 0 Å². The van der Waals surface area contributed by atoms with E-state index < -0.39 is 5.97 Å². The van der Waals surface area contributed by atoms with Crippen molar-refractivity contribution in [3.05, 3.63) is 35.5 Å². The molecule has 2 rings (SSSR count). The number of esters is 1. The lowest BCUT2D eigenvalue weighted by atomic mass is 10.1. The molecule has 2 aromatic rings. The Morgan fingerprint density at radius 3 is 2.72 bits per heavy atom. The maximum atomic E-state index is 12.3. The molecule has 0 unspecified atom stereocenters. The number of ether oxygens (including phenoxy) is 2. The average Bonchev–Trinajstić information content (AvgIpc) is 2.58. The van der Waals surface area contributed by atoms with E-state index in [1.54, 1.807) is 32.2 Å². The van der Waals surface area contributed by atoms with Gasteiger partial charge in [0.2, 0.25) is 0 Å². The Balaban J connectivity index is 2.06. The van der Waals surface area contributed by atoms with Gasteiger partial charge in [0.15, 0.2) is 6.61 Å². The summed E-state index contributed by atoms with van der Waals surface area (Å²) in [5.74, 6) is -0.154. The number of methoxy groups -OCH3 is 1. The van der Waals surface area contributed by atoms with Gasteiger partial charge in [-0.25, -0.2) is 4.79 Å². The molecule has 0 aliphatic heterocycles. The summed E-state index contributed by atoms with van der Waals surface area (Å²) in [7, 11) is 1.59. The molecule has 0 saturated heterocycles. The molecule has 1 N–H and O–H groups in total. The van der Waals surface area contributed by atoms with Gasteiger partial charge in [-0.3, -0.25) is 9.78 Å². The molecule has 1 aromatic carbocycles. The number of benzene rings is 1. The Morgan fingerprint density at radius 2 is 2.04 bits per heavy atom. The number of nitrogens with one attached hydrogen (secondary N) is 1. The highest BCUT2D eigenvalue weighted by Crippen LogP contribution is 2.22. The van der Waals surface area contributed by atoms with Crippen molar-refractivity contribution in [2.45, 2.75) is 39.7 Å². The standard InChI is InChI=1S/C19H24N2O4/c1-5-6-12(2)20-18(22)11-25-19(23)16-9-14-7-8-15(24-4)10-17(14)21-13(16)3/h7-10,12H,5-6,11H2,1-4H3,(H,20,22)/t12-/m1/s1. The quantitative estimate of drug-likeness (QED) is 0.781. The van der Waals surface area contributed by atoms with Crippen LogP contribution in [0.3, 0.4) is 0 Å². The number of aryl methyl sites for hydroxylation is 1. The molecule has 0 fully saturated rings. The zero-order chi connectivity index (χ0) is 18.4. The summed E-state index contributed by atoms with van der Waals surface area (Å²) in [4.78, 5) is 28.5. The van der Waals surface area contributed by atoms with Crippen LogP contribution in [0.25, 0.3) is 10.9 Å². The fourth-order valence-electron chi connectivity index (χ4n) is 2.61. The Bertz CT molecular complexity index is 773. The van der Waals surface area contributed by atoms with Gasteiger partial charge in [-0.1, -0.05) is 13.3 Å². The molecule has 6 heteroatoms. The van der Waals surface area contributed by atoms with Gasteiger partial charge in [0.1, 0.15) is 5.75 Å². The molecule has 6 nitrogen and oxygen atoms in total. The molecule has 0 spiro atoms. The van der Waals surface area contributed by atoms with Crippen LogP contribution in [0.5, 0.6) is 5.75 Å². The first kappa shape index (κ1) is 18.7. The smallest absolute Gasteiger partial charge is 0.340 e. The molecule has 1 amide bonds. The Morgan fingerprint density at radius 1 is 1.28 bits per heavy atom. The minimum absolute atomic E-state index is 0.0651. The predicted molar refractivity (Wildman–Crippen MR) is 95.8 cm³/mol. The van der Waals surface area contributed by atoms with Crippen LogP contribution in [0, 0.1) is 6.92 Å². The highest BCUT2D eigenvalue weighted by atomic mass is 16.5. The summed E-state index contributed by atoms with van der Waals surface area (Å²) in [5.41, 5.74) is 1.64. The van der Waals surface area contributed by atoms with E-state index in [-0.39, 0.29) is 18.6 Å². The number of carbonyl (C=O) groups is 2. The van der Waals surface area contributed by atoms with Gasteiger partial charge in [-0.2, -0.15) is 0 Å². The van der Waals surface area contributed by atoms with Gasteiger partial charge in [0.25, 0.3) is 5.91 Å². The van der Waals surface area contributed by atoms with Gasteiger partial charge >= 0.3 is 5.97 Å². The number of fused-ring (bicyclic) bond motifs is 1. The first-order chi connectivity index (χ1) is 11.9. The zero-order valence-corrected chi connectivity index (χ0v) is 15.1. The summed E-state index contributed by atoms with van der Waals surface area (Å²) in [6.45, 7) is 5.41. The largest absolute Gasteiger partial charge is 0.497 e. The van der Waals surface area contributed by atoms with Crippen LogP contribution in [-0.4, -0.2) is 36.6 Å². The second kappa shape index (κ2) is 8.46.